The van der Waals surface area contributed by atoms with E-state index in [0.29, 0.717) is 32.0 Å². The second-order valence-corrected chi connectivity index (χ2v) is 6.67. The minimum Gasteiger partial charge on any atom is -0.338 e. The number of carbonyl (C=O) groups is 2. The van der Waals surface area contributed by atoms with Crippen LogP contribution in [0.1, 0.15) is 32.3 Å². The lowest BCUT2D eigenvalue weighted by atomic mass is 9.81. The molecule has 3 amide bonds. The summed E-state index contributed by atoms with van der Waals surface area (Å²) in [4.78, 5) is 26.5. The van der Waals surface area contributed by atoms with Crippen molar-refractivity contribution in [3.8, 4) is 0 Å². The lowest BCUT2D eigenvalue weighted by molar-refractivity contribution is -0.120. The number of amides is 3. The maximum atomic E-state index is 12.5. The van der Waals surface area contributed by atoms with E-state index in [9.17, 15) is 9.59 Å². The summed E-state index contributed by atoms with van der Waals surface area (Å²) in [5.74, 6) is 0.587. The van der Waals surface area contributed by atoms with Crippen molar-refractivity contribution in [3.05, 3.63) is 29.8 Å². The average molecular weight is 301 g/mol. The fourth-order valence-electron chi connectivity index (χ4n) is 3.34. The molecule has 2 aliphatic heterocycles. The van der Waals surface area contributed by atoms with Crippen LogP contribution in [-0.2, 0) is 10.2 Å². The molecular weight excluding hydrogens is 278 g/mol. The zero-order chi connectivity index (χ0) is 15.7. The number of nitrogens with one attached hydrogen (secondary N) is 2. The van der Waals surface area contributed by atoms with Crippen molar-refractivity contribution in [1.82, 2.24) is 10.2 Å². The topological polar surface area (TPSA) is 61.4 Å². The minimum atomic E-state index is -0.564. The summed E-state index contributed by atoms with van der Waals surface area (Å²) in [5.41, 5.74) is 1.35. The van der Waals surface area contributed by atoms with Gasteiger partial charge >= 0.3 is 6.03 Å². The van der Waals surface area contributed by atoms with E-state index in [0.717, 1.165) is 17.7 Å². The van der Waals surface area contributed by atoms with E-state index in [1.807, 2.05) is 24.3 Å². The predicted octanol–water partition coefficient (Wildman–Crippen LogP) is 2.34. The largest absolute Gasteiger partial charge is 0.338 e. The molecule has 3 rings (SSSR count). The zero-order valence-electron chi connectivity index (χ0n) is 13.2. The highest BCUT2D eigenvalue weighted by molar-refractivity contribution is 6.07. The molecule has 0 aromatic heterocycles. The van der Waals surface area contributed by atoms with E-state index in [2.05, 4.69) is 24.5 Å². The molecule has 1 aromatic carbocycles. The third-order valence-electron chi connectivity index (χ3n) is 4.68. The fourth-order valence-corrected chi connectivity index (χ4v) is 3.34. The highest BCUT2D eigenvalue weighted by atomic mass is 16.2. The first-order valence-corrected chi connectivity index (χ1v) is 7.97. The van der Waals surface area contributed by atoms with Crippen molar-refractivity contribution < 1.29 is 9.59 Å². The third-order valence-corrected chi connectivity index (χ3v) is 4.68. The number of para-hydroxylation sites is 1. The van der Waals surface area contributed by atoms with Gasteiger partial charge in [-0.2, -0.15) is 0 Å². The van der Waals surface area contributed by atoms with Crippen LogP contribution >= 0.6 is 0 Å². The van der Waals surface area contributed by atoms with Gasteiger partial charge in [0.2, 0.25) is 5.91 Å². The molecule has 0 bridgehead atoms. The Morgan fingerprint density at radius 3 is 2.95 bits per heavy atom. The van der Waals surface area contributed by atoms with Crippen molar-refractivity contribution in [3.63, 3.8) is 0 Å². The molecule has 1 aromatic rings. The van der Waals surface area contributed by atoms with Gasteiger partial charge in [-0.05, 0) is 30.4 Å². The predicted molar refractivity (Wildman–Crippen MR) is 85.8 cm³/mol. The summed E-state index contributed by atoms with van der Waals surface area (Å²) in [6.07, 6.45) is 1.65. The van der Waals surface area contributed by atoms with Crippen molar-refractivity contribution in [2.45, 2.75) is 32.1 Å². The van der Waals surface area contributed by atoms with Crippen molar-refractivity contribution in [1.29, 1.82) is 0 Å². The van der Waals surface area contributed by atoms with Crippen LogP contribution in [-0.4, -0.2) is 36.5 Å². The number of fused-ring (bicyclic) bond motifs is 2. The summed E-state index contributed by atoms with van der Waals surface area (Å²) >= 11 is 0. The standard InChI is InChI=1S/C17H23N3O2/c1-12(2)7-9-18-16(22)20-10-8-17(11-20)13-5-3-4-6-14(13)19-15(17)21/h3-6,12H,7-11H2,1-2H3,(H,18,22)(H,19,21)/t17-/m0/s1. The van der Waals surface area contributed by atoms with Gasteiger partial charge in [-0.15, -0.1) is 0 Å². The van der Waals surface area contributed by atoms with Gasteiger partial charge in [0, 0.05) is 25.3 Å². The number of rotatable bonds is 3. The highest BCUT2D eigenvalue weighted by Crippen LogP contribution is 2.43. The summed E-state index contributed by atoms with van der Waals surface area (Å²) in [5, 5.41) is 5.91. The molecule has 2 aliphatic rings. The summed E-state index contributed by atoms with van der Waals surface area (Å²) in [7, 11) is 0. The molecule has 1 saturated heterocycles. The van der Waals surface area contributed by atoms with Crippen LogP contribution in [0, 0.1) is 5.92 Å². The van der Waals surface area contributed by atoms with Gasteiger partial charge in [0.05, 0.1) is 5.41 Å². The SMILES string of the molecule is CC(C)CCNC(=O)N1CC[C@@]2(C1)C(=O)Nc1ccccc12. The number of hydrogen-bond acceptors (Lipinski definition) is 2. The Hall–Kier alpha value is -2.04. The Labute approximate surface area is 131 Å². The molecule has 2 N–H and O–H groups in total. The van der Waals surface area contributed by atoms with E-state index in [1.54, 1.807) is 4.90 Å². The molecule has 118 valence electrons. The van der Waals surface area contributed by atoms with Gasteiger partial charge in [-0.3, -0.25) is 4.79 Å². The van der Waals surface area contributed by atoms with Crippen molar-refractivity contribution >= 4 is 17.6 Å². The van der Waals surface area contributed by atoms with Gasteiger partial charge in [0.25, 0.3) is 0 Å². The van der Waals surface area contributed by atoms with E-state index in [1.165, 1.54) is 0 Å². The first kappa shape index (κ1) is 14.9. The van der Waals surface area contributed by atoms with Gasteiger partial charge in [-0.25, -0.2) is 4.79 Å². The van der Waals surface area contributed by atoms with Crippen LogP contribution in [0.2, 0.25) is 0 Å². The number of hydrogen-bond donors (Lipinski definition) is 2. The average Bonchev–Trinajstić information content (AvgIpc) is 3.04. The molecule has 5 nitrogen and oxygen atoms in total. The van der Waals surface area contributed by atoms with Crippen molar-refractivity contribution in [2.24, 2.45) is 5.92 Å². The van der Waals surface area contributed by atoms with E-state index in [4.69, 9.17) is 0 Å². The van der Waals surface area contributed by atoms with Gasteiger partial charge in [-0.1, -0.05) is 32.0 Å². The van der Waals surface area contributed by atoms with E-state index < -0.39 is 5.41 Å². The normalized spacial score (nSPS) is 23.0. The second kappa shape index (κ2) is 5.63. The molecule has 0 saturated carbocycles. The molecule has 0 radical (unpaired) electrons. The molecular formula is C17H23N3O2. The summed E-state index contributed by atoms with van der Waals surface area (Å²) < 4.78 is 0. The maximum Gasteiger partial charge on any atom is 0.317 e. The molecule has 1 fully saturated rings. The number of likely N-dealkylation sites (tertiary alicyclic amines) is 1. The third kappa shape index (κ3) is 2.45. The first-order chi connectivity index (χ1) is 10.5. The lowest BCUT2D eigenvalue weighted by Crippen LogP contribution is -2.43. The Kier molecular flexibility index (Phi) is 3.81. The van der Waals surface area contributed by atoms with Gasteiger partial charge in [0.15, 0.2) is 0 Å². The van der Waals surface area contributed by atoms with Crippen LogP contribution in [0.25, 0.3) is 0 Å². The Bertz CT molecular complexity index is 599. The maximum absolute atomic E-state index is 12.5. The number of anilines is 1. The zero-order valence-corrected chi connectivity index (χ0v) is 13.2. The van der Waals surface area contributed by atoms with Crippen LogP contribution in [0.15, 0.2) is 24.3 Å². The van der Waals surface area contributed by atoms with Gasteiger partial charge < -0.3 is 15.5 Å². The Morgan fingerprint density at radius 2 is 2.18 bits per heavy atom. The van der Waals surface area contributed by atoms with E-state index >= 15 is 0 Å². The van der Waals surface area contributed by atoms with Crippen LogP contribution in [0.4, 0.5) is 10.5 Å². The Balaban J connectivity index is 1.69. The second-order valence-electron chi connectivity index (χ2n) is 6.67. The highest BCUT2D eigenvalue weighted by Gasteiger charge is 2.51. The monoisotopic (exact) mass is 301 g/mol. The lowest BCUT2D eigenvalue weighted by Gasteiger charge is -2.23. The fraction of sp³-hybridized carbons (Fsp3) is 0.529. The quantitative estimate of drug-likeness (QED) is 0.900. The van der Waals surface area contributed by atoms with Crippen LogP contribution in [0.3, 0.4) is 0 Å². The Morgan fingerprint density at radius 1 is 1.41 bits per heavy atom. The first-order valence-electron chi connectivity index (χ1n) is 7.97. The van der Waals surface area contributed by atoms with Gasteiger partial charge in [0.1, 0.15) is 0 Å². The molecule has 0 aliphatic carbocycles. The van der Waals surface area contributed by atoms with E-state index in [-0.39, 0.29) is 11.9 Å². The van der Waals surface area contributed by atoms with Crippen molar-refractivity contribution in [2.75, 3.05) is 25.0 Å². The van der Waals surface area contributed by atoms with Crippen LogP contribution in [0.5, 0.6) is 0 Å². The summed E-state index contributed by atoms with van der Waals surface area (Å²) in [6, 6.07) is 7.73. The smallest absolute Gasteiger partial charge is 0.317 e. The minimum absolute atomic E-state index is 0.0196. The molecule has 0 unspecified atom stereocenters. The molecule has 5 heteroatoms. The molecule has 1 atom stereocenters. The number of benzene rings is 1. The number of urea groups is 1. The molecule has 1 spiro atoms. The number of nitrogens with zero attached hydrogens (tertiary/aromatic N) is 1. The number of carbonyl (C=O) groups excluding carboxylic acids is 2. The molecule has 22 heavy (non-hydrogen) atoms. The van der Waals surface area contributed by atoms with Crippen LogP contribution < -0.4 is 10.6 Å². The summed E-state index contributed by atoms with van der Waals surface area (Å²) in [6.45, 7) is 6.04. The molecule has 2 heterocycles.